The maximum Gasteiger partial charge on any atom is 0.387 e. The van der Waals surface area contributed by atoms with Gasteiger partial charge in [0.25, 0.3) is 0 Å². The molecular weight excluding hydrogens is 286 g/mol. The molecule has 1 N–H and O–H groups in total. The number of rotatable bonds is 7. The fourth-order valence-corrected chi connectivity index (χ4v) is 2.98. The van der Waals surface area contributed by atoms with Crippen LogP contribution in [0, 0.1) is 5.92 Å². The van der Waals surface area contributed by atoms with Crippen molar-refractivity contribution in [2.75, 3.05) is 26.2 Å². The summed E-state index contributed by atoms with van der Waals surface area (Å²) in [6.07, 6.45) is 2.03. The van der Waals surface area contributed by atoms with Gasteiger partial charge in [-0.1, -0.05) is 32.0 Å². The minimum absolute atomic E-state index is 0.138. The van der Waals surface area contributed by atoms with Crippen molar-refractivity contribution in [1.82, 2.24) is 10.2 Å². The number of hydrogen-bond acceptors (Lipinski definition) is 3. The monoisotopic (exact) mass is 312 g/mol. The largest absolute Gasteiger partial charge is 0.434 e. The van der Waals surface area contributed by atoms with E-state index in [9.17, 15) is 8.78 Å². The first kappa shape index (κ1) is 17.2. The van der Waals surface area contributed by atoms with Crippen LogP contribution < -0.4 is 10.1 Å². The zero-order valence-corrected chi connectivity index (χ0v) is 13.4. The number of nitrogens with one attached hydrogen (secondary N) is 1. The van der Waals surface area contributed by atoms with Crippen molar-refractivity contribution in [3.63, 3.8) is 0 Å². The predicted octanol–water partition coefficient (Wildman–Crippen LogP) is 3.67. The molecule has 1 atom stereocenters. The summed E-state index contributed by atoms with van der Waals surface area (Å²) in [5.41, 5.74) is 0.880. The molecule has 0 aliphatic carbocycles. The molecule has 2 rings (SSSR count). The third kappa shape index (κ3) is 4.92. The summed E-state index contributed by atoms with van der Waals surface area (Å²) in [5.74, 6) is 0.901. The van der Waals surface area contributed by atoms with Crippen LogP contribution in [0.25, 0.3) is 0 Å². The van der Waals surface area contributed by atoms with Crippen molar-refractivity contribution in [3.05, 3.63) is 29.8 Å². The normalized spacial score (nSPS) is 17.9. The highest BCUT2D eigenvalue weighted by Gasteiger charge is 2.25. The van der Waals surface area contributed by atoms with E-state index in [1.54, 1.807) is 12.1 Å². The summed E-state index contributed by atoms with van der Waals surface area (Å²) in [5, 5.41) is 3.34. The molecule has 0 spiro atoms. The second-order valence-electron chi connectivity index (χ2n) is 6.19. The fourth-order valence-electron chi connectivity index (χ4n) is 2.98. The van der Waals surface area contributed by atoms with E-state index in [4.69, 9.17) is 4.74 Å². The van der Waals surface area contributed by atoms with Crippen molar-refractivity contribution in [2.24, 2.45) is 5.92 Å². The summed E-state index contributed by atoms with van der Waals surface area (Å²) in [6, 6.07) is 7.35. The molecule has 1 fully saturated rings. The number of piperazine rings is 1. The average Bonchev–Trinajstić information content (AvgIpc) is 2.49. The van der Waals surface area contributed by atoms with E-state index >= 15 is 0 Å². The zero-order chi connectivity index (χ0) is 15.9. The molecule has 0 radical (unpaired) electrons. The van der Waals surface area contributed by atoms with Crippen molar-refractivity contribution in [3.8, 4) is 5.75 Å². The van der Waals surface area contributed by atoms with Crippen LogP contribution in [0.3, 0.4) is 0 Å². The Morgan fingerprint density at radius 2 is 1.82 bits per heavy atom. The van der Waals surface area contributed by atoms with Crippen LogP contribution >= 0.6 is 0 Å². The Morgan fingerprint density at radius 1 is 1.14 bits per heavy atom. The topological polar surface area (TPSA) is 24.5 Å². The molecule has 1 aliphatic heterocycles. The summed E-state index contributed by atoms with van der Waals surface area (Å²) >= 11 is 0. The third-order valence-corrected chi connectivity index (χ3v) is 4.10. The number of ether oxygens (including phenoxy) is 1. The molecule has 0 aromatic heterocycles. The van der Waals surface area contributed by atoms with Crippen molar-refractivity contribution in [2.45, 2.75) is 39.3 Å². The zero-order valence-electron chi connectivity index (χ0n) is 13.4. The predicted molar refractivity (Wildman–Crippen MR) is 84.3 cm³/mol. The van der Waals surface area contributed by atoms with Crippen LogP contribution in [0.4, 0.5) is 8.78 Å². The summed E-state index contributed by atoms with van der Waals surface area (Å²) < 4.78 is 30.1. The molecule has 1 aromatic rings. The van der Waals surface area contributed by atoms with Crippen LogP contribution in [0.1, 0.15) is 38.3 Å². The van der Waals surface area contributed by atoms with Crippen LogP contribution in [0.2, 0.25) is 0 Å². The summed E-state index contributed by atoms with van der Waals surface area (Å²) in [7, 11) is 0. The van der Waals surface area contributed by atoms with Crippen LogP contribution in [-0.4, -0.2) is 37.7 Å². The minimum Gasteiger partial charge on any atom is -0.434 e. The molecule has 0 unspecified atom stereocenters. The van der Waals surface area contributed by atoms with Gasteiger partial charge in [0.05, 0.1) is 0 Å². The second-order valence-corrected chi connectivity index (χ2v) is 6.19. The van der Waals surface area contributed by atoms with Gasteiger partial charge in [-0.05, 0) is 24.8 Å². The van der Waals surface area contributed by atoms with Crippen LogP contribution in [0.5, 0.6) is 5.75 Å². The maximum absolute atomic E-state index is 12.7. The standard InChI is InChI=1S/C17H26F2N2O/c1-13(2)7-8-15(21-11-9-20-10-12-21)14-5-3-4-6-16(14)22-17(18)19/h3-6,13,15,17,20H,7-12H2,1-2H3/t15-/m0/s1. The maximum atomic E-state index is 12.7. The van der Waals surface area contributed by atoms with Gasteiger partial charge in [-0.15, -0.1) is 0 Å². The van der Waals surface area contributed by atoms with Gasteiger partial charge in [-0.25, -0.2) is 0 Å². The molecule has 1 heterocycles. The molecule has 5 heteroatoms. The van der Waals surface area contributed by atoms with Gasteiger partial charge in [-0.2, -0.15) is 8.78 Å². The molecule has 22 heavy (non-hydrogen) atoms. The Hall–Kier alpha value is -1.20. The molecule has 0 saturated carbocycles. The van der Waals surface area contributed by atoms with E-state index < -0.39 is 6.61 Å². The molecule has 1 aliphatic rings. The van der Waals surface area contributed by atoms with Gasteiger partial charge >= 0.3 is 6.61 Å². The third-order valence-electron chi connectivity index (χ3n) is 4.10. The molecule has 0 bridgehead atoms. The van der Waals surface area contributed by atoms with Crippen molar-refractivity contribution in [1.29, 1.82) is 0 Å². The van der Waals surface area contributed by atoms with E-state index in [-0.39, 0.29) is 6.04 Å². The number of para-hydroxylation sites is 1. The lowest BCUT2D eigenvalue weighted by molar-refractivity contribution is -0.0513. The van der Waals surface area contributed by atoms with Crippen LogP contribution in [0.15, 0.2) is 24.3 Å². The molecule has 124 valence electrons. The highest BCUT2D eigenvalue weighted by molar-refractivity contribution is 5.36. The van der Waals surface area contributed by atoms with Gasteiger partial charge in [0.15, 0.2) is 0 Å². The first-order chi connectivity index (χ1) is 10.6. The first-order valence-electron chi connectivity index (χ1n) is 8.06. The number of halogens is 2. The highest BCUT2D eigenvalue weighted by atomic mass is 19.3. The van der Waals surface area contributed by atoms with Gasteiger partial charge in [0.1, 0.15) is 5.75 Å². The second kappa shape index (κ2) is 8.44. The van der Waals surface area contributed by atoms with E-state index in [2.05, 4.69) is 24.1 Å². The molecule has 1 saturated heterocycles. The Balaban J connectivity index is 2.22. The van der Waals surface area contributed by atoms with Gasteiger partial charge in [0.2, 0.25) is 0 Å². The first-order valence-corrected chi connectivity index (χ1v) is 8.06. The highest BCUT2D eigenvalue weighted by Crippen LogP contribution is 2.34. The van der Waals surface area contributed by atoms with E-state index in [0.29, 0.717) is 11.7 Å². The summed E-state index contributed by atoms with van der Waals surface area (Å²) in [6.45, 7) is 5.35. The lowest BCUT2D eigenvalue weighted by Gasteiger charge is -2.36. The molecular formula is C17H26F2N2O. The Morgan fingerprint density at radius 3 is 2.45 bits per heavy atom. The van der Waals surface area contributed by atoms with Gasteiger partial charge in [0, 0.05) is 37.8 Å². The smallest absolute Gasteiger partial charge is 0.387 e. The number of benzene rings is 1. The van der Waals surface area contributed by atoms with E-state index in [1.165, 1.54) is 0 Å². The Labute approximate surface area is 131 Å². The molecule has 3 nitrogen and oxygen atoms in total. The minimum atomic E-state index is -2.78. The van der Waals surface area contributed by atoms with Crippen molar-refractivity contribution < 1.29 is 13.5 Å². The summed E-state index contributed by atoms with van der Waals surface area (Å²) in [4.78, 5) is 2.38. The Kier molecular flexibility index (Phi) is 6.58. The average molecular weight is 312 g/mol. The number of alkyl halides is 2. The van der Waals surface area contributed by atoms with E-state index in [1.807, 2.05) is 12.1 Å². The van der Waals surface area contributed by atoms with Crippen LogP contribution in [-0.2, 0) is 0 Å². The molecule has 0 amide bonds. The van der Waals surface area contributed by atoms with E-state index in [0.717, 1.165) is 44.6 Å². The van der Waals surface area contributed by atoms with Gasteiger partial charge < -0.3 is 10.1 Å². The van der Waals surface area contributed by atoms with Crippen molar-refractivity contribution >= 4 is 0 Å². The molecule has 1 aromatic carbocycles. The quantitative estimate of drug-likeness (QED) is 0.831. The lowest BCUT2D eigenvalue weighted by atomic mass is 9.95. The van der Waals surface area contributed by atoms with Gasteiger partial charge in [-0.3, -0.25) is 4.90 Å². The lowest BCUT2D eigenvalue weighted by Crippen LogP contribution is -2.45. The SMILES string of the molecule is CC(C)CC[C@@H](c1ccccc1OC(F)F)N1CCNCC1. The Bertz CT molecular complexity index is 448. The number of hydrogen-bond donors (Lipinski definition) is 1. The number of nitrogens with zero attached hydrogens (tertiary/aromatic N) is 1. The fraction of sp³-hybridized carbons (Fsp3) is 0.647.